The summed E-state index contributed by atoms with van der Waals surface area (Å²) in [5, 5.41) is 5.74. The molecule has 2 N–H and O–H groups in total. The predicted octanol–water partition coefficient (Wildman–Crippen LogP) is 4.03. The molecule has 0 aromatic heterocycles. The number of carbonyl (C=O) groups excluding carboxylic acids is 2. The summed E-state index contributed by atoms with van der Waals surface area (Å²) in [6, 6.07) is 15.3. The van der Waals surface area contributed by atoms with Gasteiger partial charge in [0.1, 0.15) is 5.75 Å². The van der Waals surface area contributed by atoms with Gasteiger partial charge in [-0.15, -0.1) is 0 Å². The van der Waals surface area contributed by atoms with Crippen LogP contribution in [0.1, 0.15) is 44.7 Å². The molecule has 2 aromatic rings. The number of nitrogens with one attached hydrogen (secondary N) is 2. The van der Waals surface area contributed by atoms with Crippen LogP contribution in [0.2, 0.25) is 0 Å². The third-order valence-electron chi connectivity index (χ3n) is 4.75. The second kappa shape index (κ2) is 8.46. The number of hydrogen-bond donors (Lipinski definition) is 2. The first-order valence-corrected chi connectivity index (χ1v) is 9.71. The summed E-state index contributed by atoms with van der Waals surface area (Å²) < 4.78 is 5.56. The Morgan fingerprint density at radius 3 is 2.21 bits per heavy atom. The van der Waals surface area contributed by atoms with Crippen molar-refractivity contribution in [3.8, 4) is 5.75 Å². The topological polar surface area (TPSA) is 67.4 Å². The van der Waals surface area contributed by atoms with Crippen molar-refractivity contribution >= 4 is 17.5 Å². The standard InChI is InChI=1S/C23H28N2O3/c1-23(2,3)18-8-12-20(13-9-18)28-15-21(26)24-14-16-4-10-19(11-5-16)25-22(27)17-6-7-17/h4-5,8-13,17H,6-7,14-15H2,1-3H3,(H,24,26)(H,25,27). The van der Waals surface area contributed by atoms with Crippen LogP contribution in [0.25, 0.3) is 0 Å². The minimum atomic E-state index is -0.175. The van der Waals surface area contributed by atoms with E-state index in [9.17, 15) is 9.59 Å². The van der Waals surface area contributed by atoms with Crippen molar-refractivity contribution in [1.29, 1.82) is 0 Å². The molecule has 0 unspecified atom stereocenters. The van der Waals surface area contributed by atoms with Crippen molar-refractivity contribution in [2.75, 3.05) is 11.9 Å². The minimum absolute atomic E-state index is 0.0234. The van der Waals surface area contributed by atoms with Crippen LogP contribution in [-0.2, 0) is 21.5 Å². The molecule has 28 heavy (non-hydrogen) atoms. The second-order valence-electron chi connectivity index (χ2n) is 8.30. The smallest absolute Gasteiger partial charge is 0.258 e. The van der Waals surface area contributed by atoms with Gasteiger partial charge in [-0.05, 0) is 53.6 Å². The molecule has 1 aliphatic carbocycles. The van der Waals surface area contributed by atoms with Crippen LogP contribution in [0.3, 0.4) is 0 Å². The SMILES string of the molecule is CC(C)(C)c1ccc(OCC(=O)NCc2ccc(NC(=O)C3CC3)cc2)cc1. The number of carbonyl (C=O) groups is 2. The Kier molecular flexibility index (Phi) is 6.02. The minimum Gasteiger partial charge on any atom is -0.484 e. The number of anilines is 1. The van der Waals surface area contributed by atoms with Crippen LogP contribution < -0.4 is 15.4 Å². The maximum Gasteiger partial charge on any atom is 0.258 e. The Bertz CT molecular complexity index is 816. The molecular formula is C23H28N2O3. The Labute approximate surface area is 166 Å². The third kappa shape index (κ3) is 5.84. The highest BCUT2D eigenvalue weighted by Gasteiger charge is 2.29. The molecule has 0 heterocycles. The van der Waals surface area contributed by atoms with Crippen molar-refractivity contribution in [3.05, 3.63) is 59.7 Å². The van der Waals surface area contributed by atoms with Gasteiger partial charge in [0.2, 0.25) is 5.91 Å². The number of benzene rings is 2. The van der Waals surface area contributed by atoms with E-state index in [1.54, 1.807) is 0 Å². The number of ether oxygens (including phenoxy) is 1. The highest BCUT2D eigenvalue weighted by molar-refractivity contribution is 5.94. The van der Waals surface area contributed by atoms with Crippen LogP contribution in [-0.4, -0.2) is 18.4 Å². The molecule has 1 saturated carbocycles. The largest absolute Gasteiger partial charge is 0.484 e. The Hall–Kier alpha value is -2.82. The van der Waals surface area contributed by atoms with Gasteiger partial charge in [-0.1, -0.05) is 45.0 Å². The van der Waals surface area contributed by atoms with Crippen LogP contribution in [0, 0.1) is 5.92 Å². The molecule has 0 saturated heterocycles. The maximum absolute atomic E-state index is 12.0. The third-order valence-corrected chi connectivity index (χ3v) is 4.75. The lowest BCUT2D eigenvalue weighted by molar-refractivity contribution is -0.123. The van der Waals surface area contributed by atoms with Crippen molar-refractivity contribution in [2.24, 2.45) is 5.92 Å². The van der Waals surface area contributed by atoms with Gasteiger partial charge < -0.3 is 15.4 Å². The van der Waals surface area contributed by atoms with E-state index in [4.69, 9.17) is 4.74 Å². The first-order chi connectivity index (χ1) is 13.3. The first-order valence-electron chi connectivity index (χ1n) is 9.71. The van der Waals surface area contributed by atoms with Gasteiger partial charge in [-0.2, -0.15) is 0 Å². The Balaban J connectivity index is 1.40. The van der Waals surface area contributed by atoms with Gasteiger partial charge in [0.25, 0.3) is 5.91 Å². The zero-order valence-corrected chi connectivity index (χ0v) is 16.7. The molecular weight excluding hydrogens is 352 g/mol. The van der Waals surface area contributed by atoms with Gasteiger partial charge in [-0.3, -0.25) is 9.59 Å². The Morgan fingerprint density at radius 2 is 1.64 bits per heavy atom. The maximum atomic E-state index is 12.0. The molecule has 0 bridgehead atoms. The van der Waals surface area contributed by atoms with E-state index >= 15 is 0 Å². The lowest BCUT2D eigenvalue weighted by atomic mass is 9.87. The molecule has 5 nitrogen and oxygen atoms in total. The molecule has 148 valence electrons. The quantitative estimate of drug-likeness (QED) is 0.762. The molecule has 2 aromatic carbocycles. The van der Waals surface area contributed by atoms with Crippen LogP contribution >= 0.6 is 0 Å². The summed E-state index contributed by atoms with van der Waals surface area (Å²) in [5.74, 6) is 0.780. The molecule has 0 aliphatic heterocycles. The number of amides is 2. The lowest BCUT2D eigenvalue weighted by Crippen LogP contribution is -2.28. The molecule has 2 amide bonds. The van der Waals surface area contributed by atoms with Gasteiger partial charge in [0, 0.05) is 18.2 Å². The molecule has 0 atom stereocenters. The fraction of sp³-hybridized carbons (Fsp3) is 0.391. The second-order valence-corrected chi connectivity index (χ2v) is 8.30. The summed E-state index contributed by atoms with van der Waals surface area (Å²) in [5.41, 5.74) is 3.06. The van der Waals surface area contributed by atoms with Crippen LogP contribution in [0.5, 0.6) is 5.75 Å². The van der Waals surface area contributed by atoms with E-state index in [2.05, 4.69) is 31.4 Å². The van der Waals surface area contributed by atoms with Gasteiger partial charge in [0.05, 0.1) is 0 Å². The van der Waals surface area contributed by atoms with Crippen LogP contribution in [0.4, 0.5) is 5.69 Å². The van der Waals surface area contributed by atoms with Gasteiger partial charge >= 0.3 is 0 Å². The average molecular weight is 380 g/mol. The fourth-order valence-corrected chi connectivity index (χ4v) is 2.75. The van der Waals surface area contributed by atoms with E-state index < -0.39 is 0 Å². The Morgan fingerprint density at radius 1 is 1.00 bits per heavy atom. The highest BCUT2D eigenvalue weighted by Crippen LogP contribution is 2.30. The van der Waals surface area contributed by atoms with E-state index in [1.165, 1.54) is 5.56 Å². The van der Waals surface area contributed by atoms with Crippen molar-refractivity contribution in [3.63, 3.8) is 0 Å². The summed E-state index contributed by atoms with van der Waals surface area (Å²) >= 11 is 0. The van der Waals surface area contributed by atoms with E-state index in [1.807, 2.05) is 48.5 Å². The van der Waals surface area contributed by atoms with E-state index in [0.29, 0.717) is 12.3 Å². The van der Waals surface area contributed by atoms with E-state index in [-0.39, 0.29) is 29.8 Å². The fourth-order valence-electron chi connectivity index (χ4n) is 2.75. The summed E-state index contributed by atoms with van der Waals surface area (Å²) in [7, 11) is 0. The molecule has 5 heteroatoms. The summed E-state index contributed by atoms with van der Waals surface area (Å²) in [6.07, 6.45) is 1.97. The van der Waals surface area contributed by atoms with Gasteiger partial charge in [0.15, 0.2) is 6.61 Å². The number of rotatable bonds is 7. The van der Waals surface area contributed by atoms with Crippen molar-refractivity contribution in [1.82, 2.24) is 5.32 Å². The average Bonchev–Trinajstić information content (AvgIpc) is 3.51. The molecule has 0 spiro atoms. The van der Waals surface area contributed by atoms with Crippen molar-refractivity contribution < 1.29 is 14.3 Å². The monoisotopic (exact) mass is 380 g/mol. The highest BCUT2D eigenvalue weighted by atomic mass is 16.5. The van der Waals surface area contributed by atoms with Crippen LogP contribution in [0.15, 0.2) is 48.5 Å². The zero-order chi connectivity index (χ0) is 20.1. The number of hydrogen-bond acceptors (Lipinski definition) is 3. The predicted molar refractivity (Wildman–Crippen MR) is 110 cm³/mol. The summed E-state index contributed by atoms with van der Waals surface area (Å²) in [6.45, 7) is 6.87. The summed E-state index contributed by atoms with van der Waals surface area (Å²) in [4.78, 5) is 23.8. The van der Waals surface area contributed by atoms with Gasteiger partial charge in [-0.25, -0.2) is 0 Å². The van der Waals surface area contributed by atoms with Crippen molar-refractivity contribution in [2.45, 2.75) is 45.6 Å². The molecule has 1 aliphatic rings. The lowest BCUT2D eigenvalue weighted by Gasteiger charge is -2.19. The first kappa shape index (κ1) is 19.9. The molecule has 0 radical (unpaired) electrons. The normalized spacial score (nSPS) is 13.7. The van der Waals surface area contributed by atoms with E-state index in [0.717, 1.165) is 24.1 Å². The molecule has 1 fully saturated rings. The zero-order valence-electron chi connectivity index (χ0n) is 16.7. The molecule has 3 rings (SSSR count).